The van der Waals surface area contributed by atoms with Crippen LogP contribution in [0.25, 0.3) is 6.08 Å². The van der Waals surface area contributed by atoms with Crippen molar-refractivity contribution in [1.82, 2.24) is 35.3 Å². The number of nitrogens with one attached hydrogen (secondary N) is 2. The summed E-state index contributed by atoms with van der Waals surface area (Å²) in [7, 11) is 0. The average Bonchev–Trinajstić information content (AvgIpc) is 3.53. The normalized spacial score (nSPS) is 18.7. The number of piperazine rings is 1. The van der Waals surface area contributed by atoms with Crippen LogP contribution in [-0.2, 0) is 14.4 Å². The second kappa shape index (κ2) is 20.2. The maximum atomic E-state index is 13.3. The lowest BCUT2D eigenvalue weighted by Gasteiger charge is -2.35. The standard InChI is InChI=1S/C46H52N8O6/c55-40(18-14-34-10-8-22-47-31-34)48-23-5-4-9-33-20-25-53(26-21-33)44(58)36-15-17-39(49-32-36)52-29-27-51(28-30-52)24-6-2-1-3-11-35-12-7-13-37-42(35)46(60)54(45(37)59)38-16-19-41(56)50-43(38)57/h7-8,10,12-15,17-18,22,31-33,38H,1-2,4-6,9,16,19-21,23-30H2,(H,48,55)(H,50,56,57)/b18-14+. The fourth-order valence-corrected chi connectivity index (χ4v) is 8.31. The molecule has 7 rings (SSSR count). The minimum absolute atomic E-state index is 0.0387. The number of anilines is 1. The fraction of sp³-hybridized carbons (Fsp3) is 0.435. The first kappa shape index (κ1) is 41.9. The van der Waals surface area contributed by atoms with Crippen LogP contribution in [0.3, 0.4) is 0 Å². The molecule has 3 fully saturated rings. The second-order valence-electron chi connectivity index (χ2n) is 15.8. The van der Waals surface area contributed by atoms with Crippen LogP contribution in [0.15, 0.2) is 67.1 Å². The first-order chi connectivity index (χ1) is 29.2. The van der Waals surface area contributed by atoms with E-state index in [1.165, 1.54) is 0 Å². The van der Waals surface area contributed by atoms with Crippen LogP contribution in [0.1, 0.15) is 106 Å². The molecular formula is C46H52N8O6. The fourth-order valence-electron chi connectivity index (χ4n) is 8.31. The van der Waals surface area contributed by atoms with Gasteiger partial charge in [-0.1, -0.05) is 36.8 Å². The Bertz CT molecular complexity index is 2150. The van der Waals surface area contributed by atoms with Crippen LogP contribution in [0.5, 0.6) is 0 Å². The van der Waals surface area contributed by atoms with Crippen LogP contribution in [-0.4, -0.2) is 119 Å². The van der Waals surface area contributed by atoms with Gasteiger partial charge in [0.05, 0.1) is 16.7 Å². The van der Waals surface area contributed by atoms with Crippen LogP contribution in [0.4, 0.5) is 5.82 Å². The zero-order valence-corrected chi connectivity index (χ0v) is 33.9. The van der Waals surface area contributed by atoms with Crippen molar-refractivity contribution < 1.29 is 28.8 Å². The van der Waals surface area contributed by atoms with Crippen molar-refractivity contribution in [3.05, 3.63) is 94.9 Å². The zero-order valence-electron chi connectivity index (χ0n) is 33.9. The number of hydrogen-bond donors (Lipinski definition) is 2. The molecule has 60 heavy (non-hydrogen) atoms. The summed E-state index contributed by atoms with van der Waals surface area (Å²) >= 11 is 0. The predicted octanol–water partition coefficient (Wildman–Crippen LogP) is 4.07. The third kappa shape index (κ3) is 10.5. The van der Waals surface area contributed by atoms with Crippen molar-refractivity contribution in [1.29, 1.82) is 0 Å². The molecular weight excluding hydrogens is 761 g/mol. The number of carbonyl (C=O) groups is 6. The maximum Gasteiger partial charge on any atom is 0.263 e. The Morgan fingerprint density at radius 1 is 0.867 bits per heavy atom. The molecule has 1 aromatic carbocycles. The molecule has 0 aliphatic carbocycles. The third-order valence-corrected chi connectivity index (χ3v) is 11.8. The molecule has 4 aliphatic heterocycles. The smallest absolute Gasteiger partial charge is 0.263 e. The molecule has 1 atom stereocenters. The monoisotopic (exact) mass is 812 g/mol. The van der Waals surface area contributed by atoms with E-state index in [1.54, 1.807) is 48.9 Å². The molecule has 312 valence electrons. The van der Waals surface area contributed by atoms with Crippen LogP contribution in [0.2, 0.25) is 0 Å². The van der Waals surface area contributed by atoms with Gasteiger partial charge >= 0.3 is 0 Å². The lowest BCUT2D eigenvalue weighted by atomic mass is 9.91. The number of amides is 6. The Labute approximate surface area is 350 Å². The lowest BCUT2D eigenvalue weighted by molar-refractivity contribution is -0.136. The number of nitrogens with zero attached hydrogens (tertiary/aromatic N) is 6. The van der Waals surface area contributed by atoms with Crippen molar-refractivity contribution in [2.24, 2.45) is 5.92 Å². The number of hydrogen-bond acceptors (Lipinski definition) is 10. The topological polar surface area (TPSA) is 165 Å². The van der Waals surface area contributed by atoms with Gasteiger partial charge in [0.15, 0.2) is 0 Å². The van der Waals surface area contributed by atoms with Gasteiger partial charge in [0, 0.05) is 88.9 Å². The molecule has 2 N–H and O–H groups in total. The molecule has 14 heteroatoms. The number of benzene rings is 1. The van der Waals surface area contributed by atoms with Gasteiger partial charge in [0.1, 0.15) is 11.9 Å². The lowest BCUT2D eigenvalue weighted by Crippen LogP contribution is -2.54. The van der Waals surface area contributed by atoms with Gasteiger partial charge in [0.2, 0.25) is 17.7 Å². The van der Waals surface area contributed by atoms with Crippen LogP contribution < -0.4 is 15.5 Å². The number of rotatable bonds is 14. The highest BCUT2D eigenvalue weighted by Crippen LogP contribution is 2.30. The summed E-state index contributed by atoms with van der Waals surface area (Å²) in [5, 5.41) is 5.17. The Hall–Kier alpha value is -6.20. The van der Waals surface area contributed by atoms with Crippen molar-refractivity contribution in [2.75, 3.05) is 57.3 Å². The third-order valence-electron chi connectivity index (χ3n) is 11.8. The average molecular weight is 813 g/mol. The second-order valence-corrected chi connectivity index (χ2v) is 15.8. The first-order valence-corrected chi connectivity index (χ1v) is 21.2. The van der Waals surface area contributed by atoms with E-state index in [0.29, 0.717) is 30.0 Å². The van der Waals surface area contributed by atoms with Gasteiger partial charge in [0.25, 0.3) is 17.7 Å². The van der Waals surface area contributed by atoms with E-state index in [-0.39, 0.29) is 35.8 Å². The minimum Gasteiger partial charge on any atom is -0.354 e. The number of aromatic nitrogens is 2. The molecule has 1 unspecified atom stereocenters. The molecule has 0 radical (unpaired) electrons. The summed E-state index contributed by atoms with van der Waals surface area (Å²) in [6.45, 7) is 6.64. The number of likely N-dealkylation sites (tertiary alicyclic amines) is 1. The number of fused-ring (bicyclic) bond motifs is 1. The van der Waals surface area contributed by atoms with Crippen molar-refractivity contribution >= 4 is 47.3 Å². The zero-order chi connectivity index (χ0) is 41.8. The number of unbranched alkanes of at least 4 members (excludes halogenated alkanes) is 3. The number of pyridine rings is 2. The Morgan fingerprint density at radius 2 is 1.70 bits per heavy atom. The highest BCUT2D eigenvalue weighted by atomic mass is 16.2. The SMILES string of the molecule is O=C(/C=C/c1cccnc1)NCCCCC1CCN(C(=O)c2ccc(N3CCN(CCCCC#Cc4cccc5c4C(=O)N(C4CCC(=O)NC4=O)C5=O)CC3)nc2)CC1. The highest BCUT2D eigenvalue weighted by Gasteiger charge is 2.45. The van der Waals surface area contributed by atoms with Crippen LogP contribution >= 0.6 is 0 Å². The van der Waals surface area contributed by atoms with Crippen molar-refractivity contribution in [3.8, 4) is 11.8 Å². The molecule has 2 aromatic heterocycles. The molecule has 6 amide bonds. The summed E-state index contributed by atoms with van der Waals surface area (Å²) in [5.41, 5.74) is 2.44. The molecule has 14 nitrogen and oxygen atoms in total. The van der Waals surface area contributed by atoms with Gasteiger partial charge in [-0.15, -0.1) is 0 Å². The summed E-state index contributed by atoms with van der Waals surface area (Å²) in [6.07, 6.45) is 16.2. The molecule has 0 saturated carbocycles. The summed E-state index contributed by atoms with van der Waals surface area (Å²) < 4.78 is 0. The molecule has 3 aromatic rings. The molecule has 0 bridgehead atoms. The quantitative estimate of drug-likeness (QED) is 0.105. The van der Waals surface area contributed by atoms with E-state index in [9.17, 15) is 28.8 Å². The van der Waals surface area contributed by atoms with Crippen molar-refractivity contribution in [3.63, 3.8) is 0 Å². The Kier molecular flexibility index (Phi) is 14.1. The largest absolute Gasteiger partial charge is 0.354 e. The summed E-state index contributed by atoms with van der Waals surface area (Å²) in [4.78, 5) is 92.1. The molecule has 6 heterocycles. The summed E-state index contributed by atoms with van der Waals surface area (Å²) in [5.74, 6) is 5.55. The van der Waals surface area contributed by atoms with Crippen LogP contribution in [0, 0.1) is 17.8 Å². The molecule has 4 aliphatic rings. The molecule has 0 spiro atoms. The number of imide groups is 2. The van der Waals surface area contributed by atoms with E-state index in [1.807, 2.05) is 29.2 Å². The van der Waals surface area contributed by atoms with E-state index in [0.717, 1.165) is 107 Å². The van der Waals surface area contributed by atoms with Gasteiger partial charge < -0.3 is 15.1 Å². The molecule has 3 saturated heterocycles. The Balaban J connectivity index is 0.763. The Morgan fingerprint density at radius 3 is 2.45 bits per heavy atom. The van der Waals surface area contributed by atoms with E-state index in [4.69, 9.17) is 0 Å². The van der Waals surface area contributed by atoms with Gasteiger partial charge in [-0.2, -0.15) is 0 Å². The minimum atomic E-state index is -1.00. The maximum absolute atomic E-state index is 13.3. The predicted molar refractivity (Wildman–Crippen MR) is 225 cm³/mol. The number of carbonyl (C=O) groups excluding carboxylic acids is 6. The van der Waals surface area contributed by atoms with E-state index in [2.05, 4.69) is 42.2 Å². The van der Waals surface area contributed by atoms with Gasteiger partial charge in [-0.25, -0.2) is 4.98 Å². The van der Waals surface area contributed by atoms with E-state index >= 15 is 0 Å². The number of piperidine rings is 2. The summed E-state index contributed by atoms with van der Waals surface area (Å²) in [6, 6.07) is 11.6. The first-order valence-electron chi connectivity index (χ1n) is 21.2. The van der Waals surface area contributed by atoms with E-state index < -0.39 is 29.7 Å². The van der Waals surface area contributed by atoms with Gasteiger partial charge in [-0.3, -0.25) is 48.9 Å². The van der Waals surface area contributed by atoms with Gasteiger partial charge in [-0.05, 0) is 93.0 Å². The van der Waals surface area contributed by atoms with Crippen molar-refractivity contribution in [2.45, 2.75) is 70.3 Å². The highest BCUT2D eigenvalue weighted by molar-refractivity contribution is 6.24.